The molecule has 172 valence electrons. The molecular formula is C27H28F2N2O2. The van der Waals surface area contributed by atoms with Crippen molar-refractivity contribution in [2.45, 2.75) is 52.9 Å². The van der Waals surface area contributed by atoms with Crippen molar-refractivity contribution in [3.8, 4) is 0 Å². The summed E-state index contributed by atoms with van der Waals surface area (Å²) in [6, 6.07) is 10.9. The highest BCUT2D eigenvalue weighted by Gasteiger charge is 2.47. The summed E-state index contributed by atoms with van der Waals surface area (Å²) in [6.45, 7) is 7.91. The minimum Gasteiger partial charge on any atom is -0.320 e. The Hall–Kier alpha value is -3.15. The van der Waals surface area contributed by atoms with Gasteiger partial charge in [0.2, 0.25) is 0 Å². The summed E-state index contributed by atoms with van der Waals surface area (Å²) in [5, 5.41) is 2.57. The number of Topliss-reactive ketones (excluding diaryl/α,β-unsaturated/α-hetero) is 1. The zero-order valence-corrected chi connectivity index (χ0v) is 19.3. The number of ketones is 1. The summed E-state index contributed by atoms with van der Waals surface area (Å²) in [5.74, 6) is -3.12. The Bertz CT molecular complexity index is 1180. The quantitative estimate of drug-likeness (QED) is 0.623. The number of fused-ring (bicyclic) bond motifs is 1. The molecule has 0 radical (unpaired) electrons. The van der Waals surface area contributed by atoms with Crippen molar-refractivity contribution < 1.29 is 18.4 Å². The Morgan fingerprint density at radius 1 is 1.09 bits per heavy atom. The zero-order valence-electron chi connectivity index (χ0n) is 19.3. The number of allylic oxidation sites excluding steroid dienone is 1. The number of amides is 1. The highest BCUT2D eigenvalue weighted by molar-refractivity contribution is 6.14. The van der Waals surface area contributed by atoms with E-state index in [2.05, 4.69) is 12.2 Å². The fraction of sp³-hybridized carbons (Fsp3) is 0.370. The van der Waals surface area contributed by atoms with E-state index in [0.29, 0.717) is 24.1 Å². The number of aryl methyl sites for hydroxylation is 1. The molecule has 4 rings (SSSR count). The maximum absolute atomic E-state index is 14.2. The molecule has 2 aromatic carbocycles. The lowest BCUT2D eigenvalue weighted by Crippen LogP contribution is -2.44. The summed E-state index contributed by atoms with van der Waals surface area (Å²) in [4.78, 5) is 31.5. The third-order valence-electron chi connectivity index (χ3n) is 6.53. The van der Waals surface area contributed by atoms with Gasteiger partial charge in [-0.15, -0.1) is 0 Å². The number of benzene rings is 2. The average Bonchev–Trinajstić information content (AvgIpc) is 2.73. The number of halogens is 2. The number of carbonyl (C=O) groups excluding carboxylic acids is 2. The largest absolute Gasteiger partial charge is 0.320 e. The van der Waals surface area contributed by atoms with E-state index in [4.69, 9.17) is 4.99 Å². The lowest BCUT2D eigenvalue weighted by Gasteiger charge is -2.41. The molecule has 0 spiro atoms. The minimum atomic E-state index is -0.860. The van der Waals surface area contributed by atoms with Gasteiger partial charge in [-0.1, -0.05) is 45.0 Å². The van der Waals surface area contributed by atoms with Crippen LogP contribution in [0.15, 0.2) is 58.7 Å². The average molecular weight is 451 g/mol. The van der Waals surface area contributed by atoms with Crippen LogP contribution in [0.5, 0.6) is 0 Å². The predicted octanol–water partition coefficient (Wildman–Crippen LogP) is 5.98. The number of nitrogens with one attached hydrogen (secondary N) is 1. The summed E-state index contributed by atoms with van der Waals surface area (Å²) in [7, 11) is 0. The van der Waals surface area contributed by atoms with Gasteiger partial charge in [-0.3, -0.25) is 14.6 Å². The van der Waals surface area contributed by atoms with Crippen LogP contribution in [0.4, 0.5) is 14.5 Å². The number of anilines is 1. The van der Waals surface area contributed by atoms with Gasteiger partial charge in [-0.25, -0.2) is 8.78 Å². The van der Waals surface area contributed by atoms with E-state index in [-0.39, 0.29) is 16.9 Å². The second-order valence-electron chi connectivity index (χ2n) is 9.72. The lowest BCUT2D eigenvalue weighted by atomic mass is 9.63. The molecule has 2 atom stereocenters. The van der Waals surface area contributed by atoms with Crippen molar-refractivity contribution in [1.82, 2.24) is 0 Å². The van der Waals surface area contributed by atoms with E-state index in [1.165, 1.54) is 6.07 Å². The lowest BCUT2D eigenvalue weighted by molar-refractivity contribution is -0.124. The zero-order chi connectivity index (χ0) is 23.9. The van der Waals surface area contributed by atoms with Crippen molar-refractivity contribution in [2.75, 3.05) is 5.32 Å². The van der Waals surface area contributed by atoms with Gasteiger partial charge in [0.25, 0.3) is 5.91 Å². The Morgan fingerprint density at radius 3 is 2.42 bits per heavy atom. The number of rotatable bonds is 4. The fourth-order valence-electron chi connectivity index (χ4n) is 4.99. The first kappa shape index (κ1) is 23.0. The monoisotopic (exact) mass is 450 g/mol. The third kappa shape index (κ3) is 4.52. The molecular weight excluding hydrogens is 422 g/mol. The first-order chi connectivity index (χ1) is 15.6. The number of hydrogen-bond acceptors (Lipinski definition) is 3. The van der Waals surface area contributed by atoms with Crippen molar-refractivity contribution in [1.29, 1.82) is 0 Å². The number of nitrogens with zero attached hydrogens (tertiary/aromatic N) is 1. The van der Waals surface area contributed by atoms with Gasteiger partial charge in [-0.2, -0.15) is 0 Å². The SMILES string of the molecule is CCc1ccc([C@@H]2C(C(=O)Nc3ccc(F)cc3F)=C(C)N=C3CC(C)(C)CC(=O)C32)cc1. The minimum absolute atomic E-state index is 0.0559. The Kier molecular flexibility index (Phi) is 6.04. The van der Waals surface area contributed by atoms with Crippen LogP contribution in [0.2, 0.25) is 0 Å². The molecule has 0 aromatic heterocycles. The van der Waals surface area contributed by atoms with E-state index in [9.17, 15) is 18.4 Å². The third-order valence-corrected chi connectivity index (χ3v) is 6.53. The smallest absolute Gasteiger partial charge is 0.254 e. The van der Waals surface area contributed by atoms with E-state index >= 15 is 0 Å². The molecule has 1 aliphatic carbocycles. The molecule has 33 heavy (non-hydrogen) atoms. The highest BCUT2D eigenvalue weighted by Crippen LogP contribution is 2.47. The molecule has 6 heteroatoms. The molecule has 0 bridgehead atoms. The molecule has 4 nitrogen and oxygen atoms in total. The Labute approximate surface area is 192 Å². The summed E-state index contributed by atoms with van der Waals surface area (Å²) >= 11 is 0. The molecule has 1 N–H and O–H groups in total. The molecule has 1 unspecified atom stereocenters. The van der Waals surface area contributed by atoms with Crippen LogP contribution < -0.4 is 5.32 Å². The topological polar surface area (TPSA) is 58.5 Å². The predicted molar refractivity (Wildman–Crippen MR) is 125 cm³/mol. The second-order valence-corrected chi connectivity index (χ2v) is 9.72. The molecule has 1 amide bonds. The van der Waals surface area contributed by atoms with Crippen LogP contribution in [-0.4, -0.2) is 17.4 Å². The van der Waals surface area contributed by atoms with Gasteiger partial charge in [-0.05, 0) is 48.4 Å². The number of hydrogen-bond donors (Lipinski definition) is 1. The standard InChI is InChI=1S/C27H28F2N2O2/c1-5-16-6-8-17(9-7-16)24-23(26(33)31-20-11-10-18(28)12-19(20)29)15(2)30-21-13-27(3,4)14-22(32)25(21)24/h6-12,24-25H,5,13-14H2,1-4H3,(H,31,33)/t24-,25?/m1/s1. The molecule has 0 saturated heterocycles. The van der Waals surface area contributed by atoms with Crippen molar-refractivity contribution in [3.05, 3.63) is 76.5 Å². The van der Waals surface area contributed by atoms with Gasteiger partial charge in [0.05, 0.1) is 11.6 Å². The van der Waals surface area contributed by atoms with Crippen LogP contribution in [0.3, 0.4) is 0 Å². The summed E-state index contributed by atoms with van der Waals surface area (Å²) < 4.78 is 27.6. The Morgan fingerprint density at radius 2 is 1.79 bits per heavy atom. The van der Waals surface area contributed by atoms with E-state index < -0.39 is 29.4 Å². The summed E-state index contributed by atoms with van der Waals surface area (Å²) in [6.07, 6.45) is 1.95. The van der Waals surface area contributed by atoms with Crippen LogP contribution in [0.1, 0.15) is 57.6 Å². The first-order valence-electron chi connectivity index (χ1n) is 11.3. The van der Waals surface area contributed by atoms with Gasteiger partial charge in [0.15, 0.2) is 0 Å². The van der Waals surface area contributed by atoms with E-state index in [1.54, 1.807) is 6.92 Å². The van der Waals surface area contributed by atoms with E-state index in [1.807, 2.05) is 38.1 Å². The van der Waals surface area contributed by atoms with Crippen molar-refractivity contribution in [2.24, 2.45) is 16.3 Å². The molecule has 1 aliphatic heterocycles. The van der Waals surface area contributed by atoms with E-state index in [0.717, 1.165) is 35.4 Å². The fourth-order valence-corrected chi connectivity index (χ4v) is 4.99. The maximum Gasteiger partial charge on any atom is 0.254 e. The Balaban J connectivity index is 1.80. The molecule has 2 aromatic rings. The van der Waals surface area contributed by atoms with Gasteiger partial charge >= 0.3 is 0 Å². The van der Waals surface area contributed by atoms with Crippen LogP contribution in [0, 0.1) is 23.0 Å². The second kappa shape index (κ2) is 8.65. The number of aliphatic imine (C=N–C) groups is 1. The van der Waals surface area contributed by atoms with Gasteiger partial charge in [0.1, 0.15) is 17.4 Å². The summed E-state index contributed by atoms with van der Waals surface area (Å²) in [5.41, 5.74) is 3.33. The molecule has 1 heterocycles. The molecule has 1 saturated carbocycles. The van der Waals surface area contributed by atoms with Gasteiger partial charge in [0, 0.05) is 35.4 Å². The van der Waals surface area contributed by atoms with Crippen LogP contribution in [-0.2, 0) is 16.0 Å². The normalized spacial score (nSPS) is 22.0. The van der Waals surface area contributed by atoms with Crippen molar-refractivity contribution >= 4 is 23.1 Å². The van der Waals surface area contributed by atoms with Crippen molar-refractivity contribution in [3.63, 3.8) is 0 Å². The van der Waals surface area contributed by atoms with Crippen LogP contribution >= 0.6 is 0 Å². The first-order valence-corrected chi connectivity index (χ1v) is 11.3. The number of carbonyl (C=O) groups is 2. The molecule has 1 fully saturated rings. The van der Waals surface area contributed by atoms with Gasteiger partial charge < -0.3 is 5.32 Å². The molecule has 2 aliphatic rings. The van der Waals surface area contributed by atoms with Crippen LogP contribution in [0.25, 0.3) is 0 Å². The maximum atomic E-state index is 14.2. The highest BCUT2D eigenvalue weighted by atomic mass is 19.1.